The van der Waals surface area contributed by atoms with Crippen LogP contribution in [0.25, 0.3) is 0 Å². The number of hydrogen-bond donors (Lipinski definition) is 0. The summed E-state index contributed by atoms with van der Waals surface area (Å²) in [5, 5.41) is 0. The van der Waals surface area contributed by atoms with E-state index in [4.69, 9.17) is 23.9 Å². The van der Waals surface area contributed by atoms with Gasteiger partial charge in [-0.15, -0.1) is 0 Å². The summed E-state index contributed by atoms with van der Waals surface area (Å²) in [5.41, 5.74) is 2.21. The van der Waals surface area contributed by atoms with Crippen molar-refractivity contribution in [3.8, 4) is 23.0 Å². The lowest BCUT2D eigenvalue weighted by Gasteiger charge is -2.29. The molecule has 28 heavy (non-hydrogen) atoms. The molecule has 0 saturated heterocycles. The van der Waals surface area contributed by atoms with E-state index in [9.17, 15) is 0 Å². The second-order valence-electron chi connectivity index (χ2n) is 6.39. The lowest BCUT2D eigenvalue weighted by atomic mass is 9.82. The summed E-state index contributed by atoms with van der Waals surface area (Å²) >= 11 is 0. The minimum absolute atomic E-state index is 0.550. The van der Waals surface area contributed by atoms with Crippen LogP contribution in [0, 0.1) is 6.92 Å². The molecule has 1 heterocycles. The van der Waals surface area contributed by atoms with Crippen molar-refractivity contribution in [1.29, 1.82) is 0 Å². The summed E-state index contributed by atoms with van der Waals surface area (Å²) in [6.45, 7) is 2.02. The molecule has 5 heteroatoms. The molecule has 146 valence electrons. The summed E-state index contributed by atoms with van der Waals surface area (Å²) in [6.07, 6.45) is 9.74. The van der Waals surface area contributed by atoms with Crippen molar-refractivity contribution in [2.24, 2.45) is 4.99 Å². The number of ether oxygens (including phenoxy) is 4. The number of nitrogens with zero attached hydrogens (tertiary/aromatic N) is 1. The third-order valence-corrected chi connectivity index (χ3v) is 4.86. The van der Waals surface area contributed by atoms with Gasteiger partial charge in [-0.1, -0.05) is 18.2 Å². The van der Waals surface area contributed by atoms with Gasteiger partial charge in [-0.25, -0.2) is 0 Å². The van der Waals surface area contributed by atoms with Crippen molar-refractivity contribution in [1.82, 2.24) is 0 Å². The molecule has 3 rings (SSSR count). The van der Waals surface area contributed by atoms with Crippen LogP contribution >= 0.6 is 0 Å². The molecule has 1 unspecified atom stereocenters. The van der Waals surface area contributed by atoms with Crippen molar-refractivity contribution < 1.29 is 18.9 Å². The molecule has 0 bridgehead atoms. The van der Waals surface area contributed by atoms with Crippen molar-refractivity contribution in [2.75, 3.05) is 28.4 Å². The fraction of sp³-hybridized carbons (Fsp3) is 0.261. The van der Waals surface area contributed by atoms with Gasteiger partial charge in [0.2, 0.25) is 5.75 Å². The van der Waals surface area contributed by atoms with E-state index in [0.29, 0.717) is 17.2 Å². The third-order valence-electron chi connectivity index (χ3n) is 4.86. The highest BCUT2D eigenvalue weighted by Gasteiger charge is 2.33. The molecule has 2 aromatic carbocycles. The predicted molar refractivity (Wildman–Crippen MR) is 111 cm³/mol. The molecule has 0 fully saturated rings. The Labute approximate surface area is 165 Å². The van der Waals surface area contributed by atoms with Crippen LogP contribution in [0.15, 0.2) is 59.6 Å². The first-order valence-corrected chi connectivity index (χ1v) is 8.95. The molecule has 1 aliphatic heterocycles. The number of aryl methyl sites for hydroxylation is 1. The van der Waals surface area contributed by atoms with Gasteiger partial charge in [0.05, 0.1) is 28.4 Å². The number of rotatable bonds is 6. The first-order chi connectivity index (χ1) is 13.6. The largest absolute Gasteiger partial charge is 0.496 e. The molecular formula is C23H25NO4. The molecule has 0 radical (unpaired) electrons. The maximum absolute atomic E-state index is 5.57. The van der Waals surface area contributed by atoms with Crippen LogP contribution in [-0.4, -0.2) is 34.7 Å². The van der Waals surface area contributed by atoms with E-state index < -0.39 is 5.54 Å². The van der Waals surface area contributed by atoms with Crippen molar-refractivity contribution >= 4 is 6.21 Å². The van der Waals surface area contributed by atoms with Gasteiger partial charge < -0.3 is 18.9 Å². The van der Waals surface area contributed by atoms with Crippen molar-refractivity contribution in [3.05, 3.63) is 71.3 Å². The monoisotopic (exact) mass is 379 g/mol. The van der Waals surface area contributed by atoms with Crippen LogP contribution in [0.2, 0.25) is 0 Å². The quantitative estimate of drug-likeness (QED) is 0.743. The van der Waals surface area contributed by atoms with E-state index in [2.05, 4.69) is 12.1 Å². The lowest BCUT2D eigenvalue weighted by Crippen LogP contribution is -2.23. The van der Waals surface area contributed by atoms with Crippen LogP contribution < -0.4 is 18.9 Å². The molecule has 0 saturated carbocycles. The van der Waals surface area contributed by atoms with E-state index in [0.717, 1.165) is 22.4 Å². The normalized spacial score (nSPS) is 17.9. The van der Waals surface area contributed by atoms with Crippen molar-refractivity contribution in [3.63, 3.8) is 0 Å². The Morgan fingerprint density at radius 1 is 0.714 bits per heavy atom. The van der Waals surface area contributed by atoms with Gasteiger partial charge >= 0.3 is 0 Å². The number of methoxy groups -OCH3 is 4. The van der Waals surface area contributed by atoms with E-state index in [-0.39, 0.29) is 0 Å². The Hall–Kier alpha value is -3.21. The zero-order valence-corrected chi connectivity index (χ0v) is 16.9. The topological polar surface area (TPSA) is 49.3 Å². The van der Waals surface area contributed by atoms with Gasteiger partial charge in [0.1, 0.15) is 11.3 Å². The molecule has 0 spiro atoms. The maximum Gasteiger partial charge on any atom is 0.203 e. The Bertz CT molecular complexity index is 903. The van der Waals surface area contributed by atoms with Crippen LogP contribution in [0.4, 0.5) is 0 Å². The van der Waals surface area contributed by atoms with E-state index in [1.807, 2.05) is 55.6 Å². The number of benzene rings is 2. The highest BCUT2D eigenvalue weighted by atomic mass is 16.5. The SMILES string of the molecule is COc1ccc(C2(c3cc(OC)c(OC)c(OC)c3)C=CC=CC=N2)cc1C. The minimum Gasteiger partial charge on any atom is -0.496 e. The average Bonchev–Trinajstić information content (AvgIpc) is 2.99. The highest BCUT2D eigenvalue weighted by Crippen LogP contribution is 2.45. The standard InChI is InChI=1S/C23H25NO4/c1-16-13-17(9-10-19(16)25-2)23(11-7-6-8-12-24-23)18-14-20(26-3)22(28-5)21(15-18)27-4/h6-15H,1-5H3. The van der Waals surface area contributed by atoms with Gasteiger partial charge in [-0.2, -0.15) is 0 Å². The summed E-state index contributed by atoms with van der Waals surface area (Å²) in [5.74, 6) is 2.56. The first kappa shape index (κ1) is 19.5. The fourth-order valence-electron chi connectivity index (χ4n) is 3.44. The first-order valence-electron chi connectivity index (χ1n) is 8.95. The van der Waals surface area contributed by atoms with Crippen LogP contribution in [-0.2, 0) is 5.54 Å². The van der Waals surface area contributed by atoms with Gasteiger partial charge in [0, 0.05) is 6.21 Å². The van der Waals surface area contributed by atoms with Crippen molar-refractivity contribution in [2.45, 2.75) is 12.5 Å². The Morgan fingerprint density at radius 3 is 1.96 bits per heavy atom. The van der Waals surface area contributed by atoms with Crippen LogP contribution in [0.3, 0.4) is 0 Å². The summed E-state index contributed by atoms with van der Waals surface area (Å²) in [7, 11) is 6.49. The van der Waals surface area contributed by atoms with Crippen LogP contribution in [0.5, 0.6) is 23.0 Å². The molecule has 1 aliphatic rings. The lowest BCUT2D eigenvalue weighted by molar-refractivity contribution is 0.323. The molecule has 5 nitrogen and oxygen atoms in total. The van der Waals surface area contributed by atoms with Gasteiger partial charge in [-0.3, -0.25) is 4.99 Å². The number of allylic oxidation sites excluding steroid dienone is 3. The molecular weight excluding hydrogens is 354 g/mol. The molecule has 0 aliphatic carbocycles. The number of hydrogen-bond acceptors (Lipinski definition) is 5. The number of aliphatic imine (C=N–C) groups is 1. The average molecular weight is 379 g/mol. The molecule has 0 amide bonds. The summed E-state index contributed by atoms with van der Waals surface area (Å²) < 4.78 is 22.0. The summed E-state index contributed by atoms with van der Waals surface area (Å²) in [6, 6.07) is 9.96. The molecule has 0 N–H and O–H groups in total. The Morgan fingerprint density at radius 2 is 1.39 bits per heavy atom. The Balaban J connectivity index is 2.29. The molecule has 1 atom stereocenters. The third kappa shape index (κ3) is 3.36. The highest BCUT2D eigenvalue weighted by molar-refractivity contribution is 5.74. The van der Waals surface area contributed by atoms with E-state index in [1.54, 1.807) is 28.4 Å². The van der Waals surface area contributed by atoms with E-state index in [1.165, 1.54) is 0 Å². The second-order valence-corrected chi connectivity index (χ2v) is 6.39. The maximum atomic E-state index is 5.57. The minimum atomic E-state index is -0.743. The molecule has 0 aromatic heterocycles. The van der Waals surface area contributed by atoms with Gasteiger partial charge in [0.15, 0.2) is 11.5 Å². The zero-order chi connectivity index (χ0) is 20.1. The predicted octanol–water partition coefficient (Wildman–Crippen LogP) is 4.47. The smallest absolute Gasteiger partial charge is 0.203 e. The van der Waals surface area contributed by atoms with E-state index >= 15 is 0 Å². The van der Waals surface area contributed by atoms with Crippen LogP contribution in [0.1, 0.15) is 16.7 Å². The fourth-order valence-corrected chi connectivity index (χ4v) is 3.44. The molecule has 2 aromatic rings. The second kappa shape index (κ2) is 8.21. The van der Waals surface area contributed by atoms with Gasteiger partial charge in [0.25, 0.3) is 0 Å². The summed E-state index contributed by atoms with van der Waals surface area (Å²) in [4.78, 5) is 4.91. The Kier molecular flexibility index (Phi) is 5.73. The van der Waals surface area contributed by atoms with Gasteiger partial charge in [-0.05, 0) is 60.0 Å². The zero-order valence-electron chi connectivity index (χ0n) is 16.9.